The molecule has 1 aliphatic rings. The molecule has 2 N–H and O–H groups in total. The molecule has 1 heterocycles. The van der Waals surface area contributed by atoms with Gasteiger partial charge in [-0.05, 0) is 60.2 Å². The maximum absolute atomic E-state index is 13.1. The van der Waals surface area contributed by atoms with Crippen LogP contribution in [-0.2, 0) is 35.5 Å². The third-order valence-corrected chi connectivity index (χ3v) is 6.65. The highest BCUT2D eigenvalue weighted by atomic mass is 19.1. The number of fused-ring (bicyclic) bond motifs is 2. The van der Waals surface area contributed by atoms with Crippen molar-refractivity contribution in [3.63, 3.8) is 0 Å². The van der Waals surface area contributed by atoms with Crippen LogP contribution in [0.25, 0.3) is 11.0 Å². The second-order valence-corrected chi connectivity index (χ2v) is 9.27. The smallest absolute Gasteiger partial charge is 0.227 e. The zero-order chi connectivity index (χ0) is 24.9. The molecule has 0 fully saturated rings. The Morgan fingerprint density at radius 1 is 1.11 bits per heavy atom. The van der Waals surface area contributed by atoms with Crippen LogP contribution in [0.5, 0.6) is 0 Å². The van der Waals surface area contributed by atoms with E-state index in [1.165, 1.54) is 23.3 Å². The molecule has 6 nitrogen and oxygen atoms in total. The van der Waals surface area contributed by atoms with Crippen molar-refractivity contribution >= 4 is 16.9 Å². The summed E-state index contributed by atoms with van der Waals surface area (Å²) in [5, 5.41) is 13.8. The fraction of sp³-hybridized carbons (Fsp3) is 0.310. The quantitative estimate of drug-likeness (QED) is 0.365. The number of hydrogen-bond acceptors (Lipinski definition) is 4. The molecule has 0 saturated heterocycles. The van der Waals surface area contributed by atoms with Crippen LogP contribution >= 0.6 is 0 Å². The lowest BCUT2D eigenvalue weighted by Crippen LogP contribution is -2.28. The third-order valence-electron chi connectivity index (χ3n) is 6.65. The van der Waals surface area contributed by atoms with Crippen LogP contribution in [0.3, 0.4) is 0 Å². The molecule has 4 aromatic rings. The van der Waals surface area contributed by atoms with Crippen molar-refractivity contribution in [3.8, 4) is 0 Å². The summed E-state index contributed by atoms with van der Waals surface area (Å²) < 4.78 is 21.2. The Morgan fingerprint density at radius 3 is 2.75 bits per heavy atom. The number of carbonyl (C=O) groups is 1. The summed E-state index contributed by atoms with van der Waals surface area (Å²) in [6.45, 7) is 0.774. The van der Waals surface area contributed by atoms with Gasteiger partial charge >= 0.3 is 0 Å². The average Bonchev–Trinajstić information content (AvgIpc) is 3.23. The van der Waals surface area contributed by atoms with E-state index in [1.54, 1.807) is 12.1 Å². The van der Waals surface area contributed by atoms with Gasteiger partial charge in [-0.1, -0.05) is 48.5 Å². The van der Waals surface area contributed by atoms with Crippen molar-refractivity contribution in [2.45, 2.75) is 51.0 Å². The number of para-hydroxylation sites is 2. The number of hydrogen-bond donors (Lipinski definition) is 2. The molecule has 0 unspecified atom stereocenters. The fourth-order valence-corrected chi connectivity index (χ4v) is 4.85. The third kappa shape index (κ3) is 5.64. The minimum Gasteiger partial charge on any atom is -0.389 e. The second kappa shape index (κ2) is 11.0. The molecule has 1 aliphatic carbocycles. The number of nitrogens with zero attached hydrogens (tertiary/aromatic N) is 2. The highest BCUT2D eigenvalue weighted by Crippen LogP contribution is 2.32. The van der Waals surface area contributed by atoms with Gasteiger partial charge in [-0.15, -0.1) is 0 Å². The number of imidazole rings is 1. The van der Waals surface area contributed by atoms with Gasteiger partial charge < -0.3 is 19.7 Å². The van der Waals surface area contributed by atoms with Gasteiger partial charge in [-0.3, -0.25) is 4.79 Å². The summed E-state index contributed by atoms with van der Waals surface area (Å²) in [5.41, 5.74) is 4.98. The van der Waals surface area contributed by atoms with Gasteiger partial charge in [0, 0.05) is 6.54 Å². The molecular weight excluding hydrogens is 457 g/mol. The first-order valence-electron chi connectivity index (χ1n) is 12.4. The summed E-state index contributed by atoms with van der Waals surface area (Å²) in [6, 6.07) is 22.0. The maximum atomic E-state index is 13.1. The van der Waals surface area contributed by atoms with Gasteiger partial charge in [0.05, 0.1) is 42.8 Å². The molecule has 0 bridgehead atoms. The lowest BCUT2D eigenvalue weighted by atomic mass is 9.89. The van der Waals surface area contributed by atoms with E-state index < -0.39 is 6.10 Å². The average molecular weight is 488 g/mol. The number of aryl methyl sites for hydroxylation is 1. The lowest BCUT2D eigenvalue weighted by Gasteiger charge is -2.26. The van der Waals surface area contributed by atoms with E-state index in [1.807, 2.05) is 34.9 Å². The molecule has 0 spiro atoms. The summed E-state index contributed by atoms with van der Waals surface area (Å²) >= 11 is 0. The Morgan fingerprint density at radius 2 is 1.89 bits per heavy atom. The Hall–Kier alpha value is -3.55. The fourth-order valence-electron chi connectivity index (χ4n) is 4.85. The summed E-state index contributed by atoms with van der Waals surface area (Å²) in [7, 11) is 0. The van der Waals surface area contributed by atoms with Crippen LogP contribution in [-0.4, -0.2) is 33.3 Å². The number of amides is 1. The van der Waals surface area contributed by atoms with Crippen molar-refractivity contribution in [1.82, 2.24) is 14.9 Å². The van der Waals surface area contributed by atoms with E-state index >= 15 is 0 Å². The second-order valence-electron chi connectivity index (χ2n) is 9.27. The van der Waals surface area contributed by atoms with Gasteiger partial charge in [0.2, 0.25) is 5.91 Å². The van der Waals surface area contributed by atoms with Crippen LogP contribution < -0.4 is 5.32 Å². The molecule has 186 valence electrons. The Balaban J connectivity index is 1.24. The zero-order valence-electron chi connectivity index (χ0n) is 20.1. The predicted octanol–water partition coefficient (Wildman–Crippen LogP) is 4.49. The number of carbonyl (C=O) groups excluding carboxylic acids is 1. The zero-order valence-corrected chi connectivity index (χ0v) is 20.1. The van der Waals surface area contributed by atoms with Gasteiger partial charge in [0.25, 0.3) is 0 Å². The summed E-state index contributed by atoms with van der Waals surface area (Å²) in [5.74, 6) is 0.0735. The molecule has 0 radical (unpaired) electrons. The predicted molar refractivity (Wildman–Crippen MR) is 136 cm³/mol. The number of aliphatic hydroxyl groups is 1. The molecule has 2 atom stereocenters. The van der Waals surface area contributed by atoms with Crippen molar-refractivity contribution in [2.24, 2.45) is 0 Å². The maximum Gasteiger partial charge on any atom is 0.227 e. The monoisotopic (exact) mass is 487 g/mol. The van der Waals surface area contributed by atoms with Crippen molar-refractivity contribution < 1.29 is 19.0 Å². The highest BCUT2D eigenvalue weighted by Gasteiger charge is 2.22. The Bertz CT molecular complexity index is 1340. The molecule has 5 rings (SSSR count). The van der Waals surface area contributed by atoms with Crippen molar-refractivity contribution in [2.75, 3.05) is 6.61 Å². The van der Waals surface area contributed by atoms with Crippen LogP contribution in [0.2, 0.25) is 0 Å². The van der Waals surface area contributed by atoms with Crippen molar-refractivity contribution in [3.05, 3.63) is 101 Å². The van der Waals surface area contributed by atoms with Crippen LogP contribution in [0.4, 0.5) is 4.39 Å². The first-order valence-corrected chi connectivity index (χ1v) is 12.4. The van der Waals surface area contributed by atoms with E-state index in [4.69, 9.17) is 4.74 Å². The van der Waals surface area contributed by atoms with E-state index in [2.05, 4.69) is 28.5 Å². The Labute approximate surface area is 209 Å². The minimum absolute atomic E-state index is 0.0131. The van der Waals surface area contributed by atoms with E-state index in [9.17, 15) is 14.3 Å². The number of rotatable bonds is 9. The lowest BCUT2D eigenvalue weighted by molar-refractivity contribution is -0.120. The SMILES string of the molecule is O=C(Cc1nc2ccccc2n1C[C@H](O)CO[C@H]1CCCc2ccccc21)NCc1ccc(F)cc1. The van der Waals surface area contributed by atoms with Gasteiger partial charge in [0.1, 0.15) is 11.6 Å². The Kier molecular flexibility index (Phi) is 7.39. The molecule has 36 heavy (non-hydrogen) atoms. The number of benzene rings is 3. The van der Waals surface area contributed by atoms with Crippen LogP contribution in [0, 0.1) is 5.82 Å². The molecule has 3 aromatic carbocycles. The number of halogens is 1. The van der Waals surface area contributed by atoms with E-state index in [0.29, 0.717) is 12.4 Å². The summed E-state index contributed by atoms with van der Waals surface area (Å²) in [4.78, 5) is 17.3. The summed E-state index contributed by atoms with van der Waals surface area (Å²) in [6.07, 6.45) is 2.38. The van der Waals surface area contributed by atoms with E-state index in [-0.39, 0.29) is 37.4 Å². The van der Waals surface area contributed by atoms with Crippen LogP contribution in [0.15, 0.2) is 72.8 Å². The standard InChI is InChI=1S/C29H30FN3O3/c30-22-14-12-20(13-15-22)17-31-29(35)16-28-32-25-9-3-4-10-26(25)33(28)18-23(34)19-36-27-11-5-7-21-6-1-2-8-24(21)27/h1-4,6,8-10,12-15,23,27,34H,5,7,11,16-19H2,(H,31,35)/t23-,27-/m0/s1. The first-order chi connectivity index (χ1) is 17.6. The minimum atomic E-state index is -0.752. The number of ether oxygens (including phenoxy) is 1. The highest BCUT2D eigenvalue weighted by molar-refractivity contribution is 5.81. The molecule has 1 amide bonds. The molecule has 7 heteroatoms. The van der Waals surface area contributed by atoms with Gasteiger partial charge in [0.15, 0.2) is 0 Å². The molecule has 0 aliphatic heterocycles. The molecule has 1 aromatic heterocycles. The molecular formula is C29H30FN3O3. The first kappa shape index (κ1) is 24.2. The number of nitrogens with one attached hydrogen (secondary N) is 1. The number of aliphatic hydroxyl groups excluding tert-OH is 1. The van der Waals surface area contributed by atoms with Crippen molar-refractivity contribution in [1.29, 1.82) is 0 Å². The van der Waals surface area contributed by atoms with Gasteiger partial charge in [-0.25, -0.2) is 9.37 Å². The topological polar surface area (TPSA) is 76.4 Å². The van der Waals surface area contributed by atoms with Gasteiger partial charge in [-0.2, -0.15) is 0 Å². The largest absolute Gasteiger partial charge is 0.389 e. The normalized spacial score (nSPS) is 16.0. The number of aromatic nitrogens is 2. The molecule has 0 saturated carbocycles. The van der Waals surface area contributed by atoms with Crippen LogP contribution in [0.1, 0.15) is 41.5 Å². The van der Waals surface area contributed by atoms with E-state index in [0.717, 1.165) is 35.9 Å².